The molecule has 39 heavy (non-hydrogen) atoms. The molecule has 1 saturated carbocycles. The van der Waals surface area contributed by atoms with E-state index in [0.29, 0.717) is 32.4 Å². The number of hydrogen-bond donors (Lipinski definition) is 1. The zero-order valence-electron chi connectivity index (χ0n) is 22.5. The standard InChI is InChI=1S/C30H33BrN4O4/c1-29(2,3)39-28(38)33-30(14-15-30)27(37)34-16-12-20-8-5-7-11-24(20)35(25(36)13-17-34)19-23-26(31)22-10-6-4-9-21(22)18-32-23/h4-11,18H,12-17,19H2,1-3H3,(H,33,38). The second-order valence-electron chi connectivity index (χ2n) is 11.2. The summed E-state index contributed by atoms with van der Waals surface area (Å²) in [5.74, 6) is -0.250. The van der Waals surface area contributed by atoms with Crippen LogP contribution in [0.15, 0.2) is 59.2 Å². The van der Waals surface area contributed by atoms with E-state index in [1.54, 1.807) is 30.6 Å². The second kappa shape index (κ2) is 10.6. The molecule has 1 aliphatic carbocycles. The molecule has 0 bridgehead atoms. The number of amides is 3. The molecule has 1 fully saturated rings. The number of anilines is 1. The quantitative estimate of drug-likeness (QED) is 0.440. The first-order chi connectivity index (χ1) is 18.6. The molecule has 0 radical (unpaired) electrons. The molecule has 1 aromatic heterocycles. The van der Waals surface area contributed by atoms with Crippen LogP contribution >= 0.6 is 15.9 Å². The van der Waals surface area contributed by atoms with Gasteiger partial charge in [-0.05, 0) is 73.0 Å². The lowest BCUT2D eigenvalue weighted by atomic mass is 10.1. The monoisotopic (exact) mass is 592 g/mol. The van der Waals surface area contributed by atoms with Crippen molar-refractivity contribution in [3.63, 3.8) is 0 Å². The smallest absolute Gasteiger partial charge is 0.408 e. The molecule has 0 saturated heterocycles. The molecule has 0 atom stereocenters. The Kier molecular flexibility index (Phi) is 7.37. The molecule has 204 valence electrons. The minimum atomic E-state index is -0.960. The van der Waals surface area contributed by atoms with Gasteiger partial charge in [-0.3, -0.25) is 14.6 Å². The van der Waals surface area contributed by atoms with Crippen molar-refractivity contribution in [3.8, 4) is 0 Å². The van der Waals surface area contributed by atoms with Crippen LogP contribution in [0.4, 0.5) is 10.5 Å². The SMILES string of the molecule is CC(C)(C)OC(=O)NC1(C(=O)N2CCC(=O)N(Cc3ncc4ccccc4c3Br)c3ccccc3CC2)CC1. The Bertz CT molecular complexity index is 1430. The maximum atomic E-state index is 13.7. The maximum Gasteiger partial charge on any atom is 0.408 e. The van der Waals surface area contributed by atoms with E-state index in [4.69, 9.17) is 4.74 Å². The summed E-state index contributed by atoms with van der Waals surface area (Å²) in [4.78, 5) is 47.9. The van der Waals surface area contributed by atoms with Gasteiger partial charge in [-0.25, -0.2) is 4.79 Å². The molecule has 1 N–H and O–H groups in total. The Hall–Kier alpha value is -3.46. The summed E-state index contributed by atoms with van der Waals surface area (Å²) < 4.78 is 6.26. The first-order valence-electron chi connectivity index (χ1n) is 13.3. The van der Waals surface area contributed by atoms with Crippen molar-refractivity contribution in [3.05, 3.63) is 70.5 Å². The van der Waals surface area contributed by atoms with Crippen molar-refractivity contribution in [1.29, 1.82) is 0 Å². The van der Waals surface area contributed by atoms with Crippen LogP contribution in [0, 0.1) is 0 Å². The molecule has 3 amide bonds. The van der Waals surface area contributed by atoms with Gasteiger partial charge < -0.3 is 19.9 Å². The normalized spacial score (nSPS) is 17.1. The number of nitrogens with one attached hydrogen (secondary N) is 1. The first-order valence-corrected chi connectivity index (χ1v) is 14.1. The van der Waals surface area contributed by atoms with Crippen LogP contribution in [-0.2, 0) is 27.3 Å². The molecular formula is C30H33BrN4O4. The largest absolute Gasteiger partial charge is 0.444 e. The van der Waals surface area contributed by atoms with Gasteiger partial charge in [0.05, 0.1) is 12.2 Å². The number of alkyl carbamates (subject to hydrolysis) is 1. The van der Waals surface area contributed by atoms with E-state index in [2.05, 4.69) is 26.2 Å². The van der Waals surface area contributed by atoms with Crippen LogP contribution in [0.2, 0.25) is 0 Å². The number of hydrogen-bond acceptors (Lipinski definition) is 5. The van der Waals surface area contributed by atoms with Gasteiger partial charge in [0.25, 0.3) is 0 Å². The lowest BCUT2D eigenvalue weighted by molar-refractivity contribution is -0.135. The van der Waals surface area contributed by atoms with E-state index >= 15 is 0 Å². The van der Waals surface area contributed by atoms with E-state index in [-0.39, 0.29) is 24.8 Å². The van der Waals surface area contributed by atoms with Crippen molar-refractivity contribution >= 4 is 50.3 Å². The summed E-state index contributed by atoms with van der Waals surface area (Å²) in [5, 5.41) is 4.86. The van der Waals surface area contributed by atoms with Crippen LogP contribution in [0.25, 0.3) is 10.8 Å². The highest BCUT2D eigenvalue weighted by atomic mass is 79.9. The Balaban J connectivity index is 1.38. The topological polar surface area (TPSA) is 91.8 Å². The summed E-state index contributed by atoms with van der Waals surface area (Å²) in [6, 6.07) is 15.8. The lowest BCUT2D eigenvalue weighted by Crippen LogP contribution is -2.52. The third-order valence-electron chi connectivity index (χ3n) is 7.13. The minimum Gasteiger partial charge on any atom is -0.444 e. The van der Waals surface area contributed by atoms with E-state index < -0.39 is 17.2 Å². The third kappa shape index (κ3) is 5.93. The van der Waals surface area contributed by atoms with E-state index in [1.807, 2.05) is 54.7 Å². The van der Waals surface area contributed by atoms with Gasteiger partial charge in [0, 0.05) is 41.3 Å². The molecule has 1 aliphatic heterocycles. The van der Waals surface area contributed by atoms with Crippen LogP contribution in [0.5, 0.6) is 0 Å². The van der Waals surface area contributed by atoms with Gasteiger partial charge in [-0.2, -0.15) is 0 Å². The molecule has 0 unspecified atom stereocenters. The molecule has 2 heterocycles. The van der Waals surface area contributed by atoms with E-state index in [1.165, 1.54) is 0 Å². The van der Waals surface area contributed by atoms with Gasteiger partial charge in [0.2, 0.25) is 11.8 Å². The molecule has 3 aromatic rings. The molecule has 9 heteroatoms. The maximum absolute atomic E-state index is 13.7. The number of rotatable bonds is 4. The van der Waals surface area contributed by atoms with Gasteiger partial charge in [-0.15, -0.1) is 0 Å². The molecular weight excluding hydrogens is 560 g/mol. The number of para-hydroxylation sites is 1. The van der Waals surface area contributed by atoms with Gasteiger partial charge >= 0.3 is 6.09 Å². The minimum absolute atomic E-state index is 0.0889. The fourth-order valence-electron chi connectivity index (χ4n) is 4.98. The highest BCUT2D eigenvalue weighted by Crippen LogP contribution is 2.38. The molecule has 2 aliphatic rings. The zero-order chi connectivity index (χ0) is 27.8. The van der Waals surface area contributed by atoms with Crippen molar-refractivity contribution in [1.82, 2.24) is 15.2 Å². The van der Waals surface area contributed by atoms with E-state index in [9.17, 15) is 14.4 Å². The number of ether oxygens (including phenoxy) is 1. The number of pyridine rings is 1. The average molecular weight is 594 g/mol. The van der Waals surface area contributed by atoms with Gasteiger partial charge in [0.1, 0.15) is 11.1 Å². The summed E-state index contributed by atoms with van der Waals surface area (Å²) in [6.07, 6.45) is 3.09. The first kappa shape index (κ1) is 27.1. The van der Waals surface area contributed by atoms with Gasteiger partial charge in [-0.1, -0.05) is 42.5 Å². The fourth-order valence-corrected chi connectivity index (χ4v) is 5.57. The zero-order valence-corrected chi connectivity index (χ0v) is 24.1. The summed E-state index contributed by atoms with van der Waals surface area (Å²) in [6.45, 7) is 6.39. The predicted molar refractivity (Wildman–Crippen MR) is 153 cm³/mol. The predicted octanol–water partition coefficient (Wildman–Crippen LogP) is 5.36. The Morgan fingerprint density at radius 3 is 2.49 bits per heavy atom. The Labute approximate surface area is 236 Å². The summed E-state index contributed by atoms with van der Waals surface area (Å²) in [7, 11) is 0. The molecule has 2 aromatic carbocycles. The van der Waals surface area contributed by atoms with Crippen molar-refractivity contribution in [2.24, 2.45) is 0 Å². The number of benzene rings is 2. The highest BCUT2D eigenvalue weighted by molar-refractivity contribution is 9.10. The lowest BCUT2D eigenvalue weighted by Gasteiger charge is -2.28. The molecule has 5 rings (SSSR count). The van der Waals surface area contributed by atoms with Crippen molar-refractivity contribution < 1.29 is 19.1 Å². The fraction of sp³-hybridized carbons (Fsp3) is 0.400. The number of halogens is 1. The average Bonchev–Trinajstić information content (AvgIpc) is 3.66. The molecule has 0 spiro atoms. The van der Waals surface area contributed by atoms with Crippen molar-refractivity contribution in [2.45, 2.75) is 64.1 Å². The summed E-state index contributed by atoms with van der Waals surface area (Å²) in [5.41, 5.74) is 0.955. The van der Waals surface area contributed by atoms with Crippen LogP contribution in [-0.4, -0.2) is 52.0 Å². The number of carbonyl (C=O) groups is 3. The number of nitrogens with zero attached hydrogens (tertiary/aromatic N) is 3. The van der Waals surface area contributed by atoms with Crippen LogP contribution < -0.4 is 10.2 Å². The second-order valence-corrected chi connectivity index (χ2v) is 12.0. The third-order valence-corrected chi connectivity index (χ3v) is 8.02. The van der Waals surface area contributed by atoms with Crippen LogP contribution in [0.1, 0.15) is 51.3 Å². The number of carbonyl (C=O) groups excluding carboxylic acids is 3. The van der Waals surface area contributed by atoms with E-state index in [0.717, 1.165) is 32.2 Å². The summed E-state index contributed by atoms with van der Waals surface area (Å²) >= 11 is 3.72. The van der Waals surface area contributed by atoms with Crippen molar-refractivity contribution in [2.75, 3.05) is 18.0 Å². The van der Waals surface area contributed by atoms with Gasteiger partial charge in [0.15, 0.2) is 0 Å². The Morgan fingerprint density at radius 1 is 1.05 bits per heavy atom. The number of aromatic nitrogens is 1. The highest BCUT2D eigenvalue weighted by Gasteiger charge is 2.53. The Morgan fingerprint density at radius 2 is 1.74 bits per heavy atom. The molecule has 8 nitrogen and oxygen atoms in total. The van der Waals surface area contributed by atoms with Crippen LogP contribution in [0.3, 0.4) is 0 Å². The number of fused-ring (bicyclic) bond motifs is 2.